The zero-order chi connectivity index (χ0) is 12.8. The van der Waals surface area contributed by atoms with E-state index < -0.39 is 5.82 Å². The van der Waals surface area contributed by atoms with Crippen LogP contribution >= 0.6 is 0 Å². The highest BCUT2D eigenvalue weighted by Crippen LogP contribution is 2.20. The van der Waals surface area contributed by atoms with Gasteiger partial charge in [-0.1, -0.05) is 6.07 Å². The maximum absolute atomic E-state index is 13.3. The molecule has 0 atom stereocenters. The Balaban J connectivity index is 1.86. The molecule has 0 bridgehead atoms. The van der Waals surface area contributed by atoms with Crippen LogP contribution in [-0.2, 0) is 4.74 Å². The normalized spacial score (nSPS) is 16.2. The quantitative estimate of drug-likeness (QED) is 0.810. The third-order valence-electron chi connectivity index (χ3n) is 2.86. The number of nitrogens with zero attached hydrogens (tertiary/aromatic N) is 2. The molecule has 0 saturated carbocycles. The minimum atomic E-state index is -0.540. The lowest BCUT2D eigenvalue weighted by atomic mass is 10.2. The number of nitriles is 1. The largest absolute Gasteiger partial charge is 0.491 e. The van der Waals surface area contributed by atoms with Gasteiger partial charge in [0, 0.05) is 19.6 Å². The molecule has 0 N–H and O–H groups in total. The van der Waals surface area contributed by atoms with E-state index in [1.807, 2.05) is 6.07 Å². The Morgan fingerprint density at radius 1 is 1.39 bits per heavy atom. The third-order valence-corrected chi connectivity index (χ3v) is 2.86. The molecule has 1 aromatic carbocycles. The highest BCUT2D eigenvalue weighted by molar-refractivity contribution is 5.43. The smallest absolute Gasteiger partial charge is 0.144 e. The van der Waals surface area contributed by atoms with Crippen molar-refractivity contribution in [2.75, 3.05) is 39.5 Å². The lowest BCUT2D eigenvalue weighted by Crippen LogP contribution is -2.38. The summed E-state index contributed by atoms with van der Waals surface area (Å²) in [6.07, 6.45) is 0. The zero-order valence-corrected chi connectivity index (χ0v) is 10.1. The first-order chi connectivity index (χ1) is 8.81. The second kappa shape index (κ2) is 6.34. The van der Waals surface area contributed by atoms with E-state index in [-0.39, 0.29) is 5.56 Å². The van der Waals surface area contributed by atoms with Crippen LogP contribution in [-0.4, -0.2) is 44.4 Å². The maximum Gasteiger partial charge on any atom is 0.144 e. The molecule has 5 heteroatoms. The first kappa shape index (κ1) is 12.8. The van der Waals surface area contributed by atoms with Crippen LogP contribution in [0, 0.1) is 17.1 Å². The van der Waals surface area contributed by atoms with Gasteiger partial charge in [0.2, 0.25) is 0 Å². The molecule has 1 aliphatic rings. The Morgan fingerprint density at radius 3 is 2.89 bits per heavy atom. The molecular formula is C13H15FN2O2. The first-order valence-corrected chi connectivity index (χ1v) is 5.93. The topological polar surface area (TPSA) is 45.5 Å². The van der Waals surface area contributed by atoms with E-state index in [4.69, 9.17) is 14.7 Å². The van der Waals surface area contributed by atoms with Crippen LogP contribution in [0.5, 0.6) is 5.75 Å². The SMILES string of the molecule is N#Cc1c(F)cccc1OCCN1CCOCC1. The highest BCUT2D eigenvalue weighted by atomic mass is 19.1. The van der Waals surface area contributed by atoms with E-state index >= 15 is 0 Å². The molecule has 0 aromatic heterocycles. The van der Waals surface area contributed by atoms with Crippen LogP contribution in [0.2, 0.25) is 0 Å². The van der Waals surface area contributed by atoms with Gasteiger partial charge >= 0.3 is 0 Å². The van der Waals surface area contributed by atoms with Crippen molar-refractivity contribution >= 4 is 0 Å². The number of morpholine rings is 1. The van der Waals surface area contributed by atoms with Crippen molar-refractivity contribution in [3.63, 3.8) is 0 Å². The summed E-state index contributed by atoms with van der Waals surface area (Å²) in [6.45, 7) is 4.45. The van der Waals surface area contributed by atoms with Gasteiger partial charge in [-0.05, 0) is 12.1 Å². The highest BCUT2D eigenvalue weighted by Gasteiger charge is 2.12. The molecule has 0 spiro atoms. The summed E-state index contributed by atoms with van der Waals surface area (Å²) in [7, 11) is 0. The minimum Gasteiger partial charge on any atom is -0.491 e. The molecule has 4 nitrogen and oxygen atoms in total. The lowest BCUT2D eigenvalue weighted by molar-refractivity contribution is 0.0322. The number of ether oxygens (including phenoxy) is 2. The van der Waals surface area contributed by atoms with Crippen LogP contribution < -0.4 is 4.74 Å². The number of benzene rings is 1. The van der Waals surface area contributed by atoms with E-state index in [9.17, 15) is 4.39 Å². The fraction of sp³-hybridized carbons (Fsp3) is 0.462. The van der Waals surface area contributed by atoms with Crippen LogP contribution in [0.25, 0.3) is 0 Å². The Labute approximate surface area is 106 Å². The van der Waals surface area contributed by atoms with Crippen molar-refractivity contribution in [2.45, 2.75) is 0 Å². The molecule has 0 aliphatic carbocycles. The van der Waals surface area contributed by atoms with E-state index in [2.05, 4.69) is 4.90 Å². The monoisotopic (exact) mass is 250 g/mol. The lowest BCUT2D eigenvalue weighted by Gasteiger charge is -2.26. The van der Waals surface area contributed by atoms with Crippen molar-refractivity contribution in [1.82, 2.24) is 4.90 Å². The first-order valence-electron chi connectivity index (χ1n) is 5.93. The molecule has 0 amide bonds. The van der Waals surface area contributed by atoms with E-state index in [1.165, 1.54) is 6.07 Å². The fourth-order valence-corrected chi connectivity index (χ4v) is 1.84. The van der Waals surface area contributed by atoms with Crippen LogP contribution in [0.3, 0.4) is 0 Å². The van der Waals surface area contributed by atoms with Gasteiger partial charge in [-0.25, -0.2) is 4.39 Å². The molecule has 1 saturated heterocycles. The van der Waals surface area contributed by atoms with Gasteiger partial charge in [0.1, 0.15) is 29.8 Å². The second-order valence-electron chi connectivity index (χ2n) is 4.03. The predicted molar refractivity (Wildman–Crippen MR) is 63.9 cm³/mol. The second-order valence-corrected chi connectivity index (χ2v) is 4.03. The summed E-state index contributed by atoms with van der Waals surface area (Å²) >= 11 is 0. The summed E-state index contributed by atoms with van der Waals surface area (Å²) in [5.41, 5.74) is -0.0283. The van der Waals surface area contributed by atoms with Crippen molar-refractivity contribution in [2.24, 2.45) is 0 Å². The molecule has 18 heavy (non-hydrogen) atoms. The number of hydrogen-bond acceptors (Lipinski definition) is 4. The Kier molecular flexibility index (Phi) is 4.51. The molecule has 1 aliphatic heterocycles. The van der Waals surface area contributed by atoms with Gasteiger partial charge in [0.25, 0.3) is 0 Å². The standard InChI is InChI=1S/C13H15FN2O2/c14-12-2-1-3-13(11(12)10-15)18-9-6-16-4-7-17-8-5-16/h1-3H,4-9H2. The van der Waals surface area contributed by atoms with Gasteiger partial charge in [-0.3, -0.25) is 4.90 Å². The average molecular weight is 250 g/mol. The minimum absolute atomic E-state index is 0.0283. The summed E-state index contributed by atoms with van der Waals surface area (Å²) in [5, 5.41) is 8.85. The van der Waals surface area contributed by atoms with Crippen molar-refractivity contribution < 1.29 is 13.9 Å². The Bertz CT molecular complexity index is 439. The van der Waals surface area contributed by atoms with Gasteiger partial charge in [0.05, 0.1) is 13.2 Å². The molecule has 96 valence electrons. The third kappa shape index (κ3) is 3.19. The molecule has 1 heterocycles. The Hall–Kier alpha value is -1.64. The summed E-state index contributed by atoms with van der Waals surface area (Å²) in [4.78, 5) is 2.22. The van der Waals surface area contributed by atoms with E-state index in [1.54, 1.807) is 12.1 Å². The van der Waals surface area contributed by atoms with Crippen molar-refractivity contribution in [3.05, 3.63) is 29.6 Å². The molecule has 0 unspecified atom stereocenters. The maximum atomic E-state index is 13.3. The van der Waals surface area contributed by atoms with Gasteiger partial charge in [-0.2, -0.15) is 5.26 Å². The zero-order valence-electron chi connectivity index (χ0n) is 10.1. The van der Waals surface area contributed by atoms with Gasteiger partial charge in [-0.15, -0.1) is 0 Å². The number of hydrogen-bond donors (Lipinski definition) is 0. The molecule has 2 rings (SSSR count). The van der Waals surface area contributed by atoms with Crippen LogP contribution in [0.4, 0.5) is 4.39 Å². The number of rotatable bonds is 4. The van der Waals surface area contributed by atoms with E-state index in [0.717, 1.165) is 32.8 Å². The van der Waals surface area contributed by atoms with Crippen LogP contribution in [0.15, 0.2) is 18.2 Å². The molecule has 1 fully saturated rings. The molecular weight excluding hydrogens is 235 g/mol. The molecule has 0 radical (unpaired) electrons. The number of halogens is 1. The van der Waals surface area contributed by atoms with Gasteiger partial charge in [0.15, 0.2) is 0 Å². The summed E-state index contributed by atoms with van der Waals surface area (Å²) < 4.78 is 24.0. The average Bonchev–Trinajstić information content (AvgIpc) is 2.40. The Morgan fingerprint density at radius 2 is 2.17 bits per heavy atom. The van der Waals surface area contributed by atoms with Crippen molar-refractivity contribution in [3.8, 4) is 11.8 Å². The predicted octanol–water partition coefficient (Wildman–Crippen LogP) is 1.41. The van der Waals surface area contributed by atoms with Crippen molar-refractivity contribution in [1.29, 1.82) is 5.26 Å². The summed E-state index contributed by atoms with van der Waals surface area (Å²) in [5.74, 6) is -0.230. The molecule has 1 aromatic rings. The van der Waals surface area contributed by atoms with Crippen LogP contribution in [0.1, 0.15) is 5.56 Å². The van der Waals surface area contributed by atoms with Gasteiger partial charge < -0.3 is 9.47 Å². The summed E-state index contributed by atoms with van der Waals surface area (Å²) in [6, 6.07) is 6.23. The van der Waals surface area contributed by atoms with E-state index in [0.29, 0.717) is 12.4 Å². The fourth-order valence-electron chi connectivity index (χ4n) is 1.84.